The Kier molecular flexibility index (Phi) is 3.43. The molecule has 0 radical (unpaired) electrons. The Morgan fingerprint density at radius 1 is 1.12 bits per heavy atom. The van der Waals surface area contributed by atoms with Crippen molar-refractivity contribution in [3.8, 4) is 0 Å². The maximum atomic E-state index is 12.6. The Balaban J connectivity index is 3.41. The van der Waals surface area contributed by atoms with Crippen molar-refractivity contribution in [3.05, 3.63) is 29.3 Å². The Morgan fingerprint density at radius 3 is 2.00 bits per heavy atom. The summed E-state index contributed by atoms with van der Waals surface area (Å²) >= 11 is 0. The minimum atomic E-state index is -4.40. The number of benzene rings is 1. The summed E-state index contributed by atoms with van der Waals surface area (Å²) in [6.07, 6.45) is -4.40. The van der Waals surface area contributed by atoms with Crippen LogP contribution in [0.25, 0.3) is 0 Å². The molecular weight excluding hydrogens is 231 g/mol. The van der Waals surface area contributed by atoms with Crippen LogP contribution in [0.4, 0.5) is 18.9 Å². The number of nitrogens with zero attached hydrogens (tertiary/aromatic N) is 1. The third-order valence-electron chi connectivity index (χ3n) is 2.46. The van der Waals surface area contributed by atoms with Crippen LogP contribution in [-0.4, -0.2) is 19.2 Å². The zero-order valence-corrected chi connectivity index (χ0v) is 10.3. The van der Waals surface area contributed by atoms with Crippen molar-refractivity contribution < 1.29 is 18.3 Å². The van der Waals surface area contributed by atoms with E-state index < -0.39 is 17.3 Å². The van der Waals surface area contributed by atoms with Crippen LogP contribution in [-0.2, 0) is 11.8 Å². The number of halogens is 3. The quantitative estimate of drug-likeness (QED) is 0.868. The highest BCUT2D eigenvalue weighted by molar-refractivity contribution is 5.56. The summed E-state index contributed by atoms with van der Waals surface area (Å²) in [6, 6.07) is 3.38. The summed E-state index contributed by atoms with van der Waals surface area (Å²) in [5, 5.41) is 9.91. The fourth-order valence-electron chi connectivity index (χ4n) is 1.59. The molecule has 1 N–H and O–H groups in total. The second-order valence-corrected chi connectivity index (χ2v) is 4.68. The lowest BCUT2D eigenvalue weighted by Crippen LogP contribution is -2.22. The standard InChI is InChI=1S/C12H16F3NO/c1-11(2,17)9-7-8(12(13,14)15)5-6-10(9)16(3)4/h5-7,17H,1-4H3. The van der Waals surface area contributed by atoms with Crippen molar-refractivity contribution in [2.45, 2.75) is 25.6 Å². The molecule has 0 aliphatic heterocycles. The van der Waals surface area contributed by atoms with Gasteiger partial charge in [-0.3, -0.25) is 0 Å². The van der Waals surface area contributed by atoms with Crippen LogP contribution < -0.4 is 4.90 Å². The molecule has 0 fully saturated rings. The summed E-state index contributed by atoms with van der Waals surface area (Å²) in [5.41, 5.74) is -1.23. The SMILES string of the molecule is CN(C)c1ccc(C(F)(F)F)cc1C(C)(C)O. The average Bonchev–Trinajstić information content (AvgIpc) is 2.14. The van der Waals surface area contributed by atoms with Crippen LogP contribution >= 0.6 is 0 Å². The van der Waals surface area contributed by atoms with Gasteiger partial charge in [0.25, 0.3) is 0 Å². The number of aliphatic hydroxyl groups is 1. The van der Waals surface area contributed by atoms with Gasteiger partial charge < -0.3 is 10.0 Å². The lowest BCUT2D eigenvalue weighted by molar-refractivity contribution is -0.137. The van der Waals surface area contributed by atoms with Gasteiger partial charge in [-0.15, -0.1) is 0 Å². The number of hydrogen-bond donors (Lipinski definition) is 1. The molecule has 1 aromatic rings. The minimum absolute atomic E-state index is 0.261. The molecule has 0 aliphatic rings. The van der Waals surface area contributed by atoms with Crippen molar-refractivity contribution in [2.75, 3.05) is 19.0 Å². The Bertz CT molecular complexity index is 405. The predicted molar refractivity (Wildman–Crippen MR) is 61.0 cm³/mol. The van der Waals surface area contributed by atoms with Gasteiger partial charge >= 0.3 is 6.18 Å². The summed E-state index contributed by atoms with van der Waals surface area (Å²) in [4.78, 5) is 1.67. The van der Waals surface area contributed by atoms with Gasteiger partial charge in [-0.25, -0.2) is 0 Å². The van der Waals surface area contributed by atoms with Gasteiger partial charge in [0.05, 0.1) is 11.2 Å². The van der Waals surface area contributed by atoms with E-state index in [4.69, 9.17) is 0 Å². The molecule has 0 unspecified atom stereocenters. The van der Waals surface area contributed by atoms with E-state index in [1.165, 1.54) is 19.9 Å². The highest BCUT2D eigenvalue weighted by Crippen LogP contribution is 2.36. The van der Waals surface area contributed by atoms with E-state index in [0.29, 0.717) is 5.69 Å². The first-order valence-corrected chi connectivity index (χ1v) is 5.15. The van der Waals surface area contributed by atoms with E-state index in [0.717, 1.165) is 12.1 Å². The molecule has 0 aromatic heterocycles. The molecule has 0 saturated heterocycles. The zero-order valence-electron chi connectivity index (χ0n) is 10.3. The van der Waals surface area contributed by atoms with Crippen molar-refractivity contribution in [2.24, 2.45) is 0 Å². The van der Waals surface area contributed by atoms with Crippen LogP contribution in [0.2, 0.25) is 0 Å². The van der Waals surface area contributed by atoms with Gasteiger partial charge in [0.1, 0.15) is 0 Å². The molecule has 17 heavy (non-hydrogen) atoms. The monoisotopic (exact) mass is 247 g/mol. The van der Waals surface area contributed by atoms with Gasteiger partial charge in [-0.1, -0.05) is 0 Å². The lowest BCUT2D eigenvalue weighted by Gasteiger charge is -2.26. The topological polar surface area (TPSA) is 23.5 Å². The Morgan fingerprint density at radius 2 is 1.65 bits per heavy atom. The van der Waals surface area contributed by atoms with Gasteiger partial charge in [0.2, 0.25) is 0 Å². The van der Waals surface area contributed by atoms with Gasteiger partial charge in [0, 0.05) is 25.3 Å². The molecule has 96 valence electrons. The normalized spacial score (nSPS) is 12.7. The third-order valence-corrected chi connectivity index (χ3v) is 2.46. The fraction of sp³-hybridized carbons (Fsp3) is 0.500. The molecule has 1 aromatic carbocycles. The Labute approximate surface area is 98.7 Å². The highest BCUT2D eigenvalue weighted by Gasteiger charge is 2.33. The molecule has 0 atom stereocenters. The molecule has 0 aliphatic carbocycles. The van der Waals surface area contributed by atoms with Crippen molar-refractivity contribution in [1.82, 2.24) is 0 Å². The van der Waals surface area contributed by atoms with Crippen molar-refractivity contribution >= 4 is 5.69 Å². The fourth-order valence-corrected chi connectivity index (χ4v) is 1.59. The first kappa shape index (κ1) is 13.8. The molecular formula is C12H16F3NO. The summed E-state index contributed by atoms with van der Waals surface area (Å²) in [6.45, 7) is 2.94. The zero-order chi connectivity index (χ0) is 13.4. The second-order valence-electron chi connectivity index (χ2n) is 4.68. The molecule has 0 bridgehead atoms. The van der Waals surface area contributed by atoms with E-state index in [9.17, 15) is 18.3 Å². The molecule has 5 heteroatoms. The lowest BCUT2D eigenvalue weighted by atomic mass is 9.94. The third kappa shape index (κ3) is 3.12. The second kappa shape index (κ2) is 4.22. The number of anilines is 1. The van der Waals surface area contributed by atoms with Gasteiger partial charge in [-0.2, -0.15) is 13.2 Å². The maximum absolute atomic E-state index is 12.6. The summed E-state index contributed by atoms with van der Waals surface area (Å²) < 4.78 is 37.8. The number of rotatable bonds is 2. The van der Waals surface area contributed by atoms with Crippen LogP contribution in [0.5, 0.6) is 0 Å². The molecule has 0 spiro atoms. The van der Waals surface area contributed by atoms with Crippen LogP contribution in [0.15, 0.2) is 18.2 Å². The minimum Gasteiger partial charge on any atom is -0.386 e. The molecule has 2 nitrogen and oxygen atoms in total. The highest BCUT2D eigenvalue weighted by atomic mass is 19.4. The van der Waals surface area contributed by atoms with E-state index in [-0.39, 0.29) is 5.56 Å². The first-order chi connectivity index (χ1) is 7.53. The van der Waals surface area contributed by atoms with E-state index in [1.807, 2.05) is 0 Å². The smallest absolute Gasteiger partial charge is 0.386 e. The summed E-state index contributed by atoms with van der Waals surface area (Å²) in [7, 11) is 3.44. The number of alkyl halides is 3. The van der Waals surface area contributed by atoms with Gasteiger partial charge in [0.15, 0.2) is 0 Å². The van der Waals surface area contributed by atoms with E-state index >= 15 is 0 Å². The van der Waals surface area contributed by atoms with Crippen LogP contribution in [0.3, 0.4) is 0 Å². The van der Waals surface area contributed by atoms with E-state index in [1.54, 1.807) is 19.0 Å². The van der Waals surface area contributed by atoms with E-state index in [2.05, 4.69) is 0 Å². The van der Waals surface area contributed by atoms with Crippen LogP contribution in [0.1, 0.15) is 25.0 Å². The maximum Gasteiger partial charge on any atom is 0.416 e. The van der Waals surface area contributed by atoms with Gasteiger partial charge in [-0.05, 0) is 32.0 Å². The molecule has 1 rings (SSSR count). The molecule has 0 heterocycles. The molecule has 0 saturated carbocycles. The molecule has 0 amide bonds. The van der Waals surface area contributed by atoms with Crippen LogP contribution in [0, 0.1) is 0 Å². The average molecular weight is 247 g/mol. The van der Waals surface area contributed by atoms with Crippen molar-refractivity contribution in [3.63, 3.8) is 0 Å². The summed E-state index contributed by atoms with van der Waals surface area (Å²) in [5.74, 6) is 0. The first-order valence-electron chi connectivity index (χ1n) is 5.15. The largest absolute Gasteiger partial charge is 0.416 e. The predicted octanol–water partition coefficient (Wildman–Crippen LogP) is 3.00. The van der Waals surface area contributed by atoms with Crippen molar-refractivity contribution in [1.29, 1.82) is 0 Å². The number of hydrogen-bond acceptors (Lipinski definition) is 2. The Hall–Kier alpha value is -1.23.